The zero-order valence-corrected chi connectivity index (χ0v) is 20.9. The van der Waals surface area contributed by atoms with Gasteiger partial charge in [-0.3, -0.25) is 24.1 Å². The highest BCUT2D eigenvalue weighted by molar-refractivity contribution is 6.36. The van der Waals surface area contributed by atoms with Gasteiger partial charge in [0.1, 0.15) is 5.56 Å². The molecule has 2 rings (SSSR count). The fraction of sp³-hybridized carbons (Fsp3) is 0.261. The standard InChI is InChI=1S/C23H22Cl2N2O9/c1-12(28)35-21-14(4-6-16(23(33)34-3)22(21)36-13(2)29)9-27(11-20(31)32)10-19(30)26-18-7-5-15(24)8-17(18)25/h4-8H,9-11H2,1-3H3,(H,26,30)(H,31,32). The molecule has 2 aromatic rings. The Balaban J connectivity index is 2.43. The maximum atomic E-state index is 12.6. The Morgan fingerprint density at radius 1 is 0.944 bits per heavy atom. The second-order valence-corrected chi connectivity index (χ2v) is 8.16. The molecule has 36 heavy (non-hydrogen) atoms. The molecule has 13 heteroatoms. The Hall–Kier alpha value is -3.67. The molecule has 0 bridgehead atoms. The SMILES string of the molecule is COC(=O)c1ccc(CN(CC(=O)O)CC(=O)Nc2ccc(Cl)cc2Cl)c(OC(C)=O)c1OC(C)=O. The largest absolute Gasteiger partial charge is 0.480 e. The van der Waals surface area contributed by atoms with Crippen molar-refractivity contribution in [3.63, 3.8) is 0 Å². The maximum absolute atomic E-state index is 12.6. The number of ether oxygens (including phenoxy) is 3. The molecule has 192 valence electrons. The van der Waals surface area contributed by atoms with E-state index in [1.54, 1.807) is 0 Å². The predicted molar refractivity (Wildman–Crippen MR) is 128 cm³/mol. The van der Waals surface area contributed by atoms with Crippen LogP contribution in [0.3, 0.4) is 0 Å². The molecule has 0 aliphatic heterocycles. The highest BCUT2D eigenvalue weighted by atomic mass is 35.5. The van der Waals surface area contributed by atoms with E-state index in [0.717, 1.165) is 21.0 Å². The van der Waals surface area contributed by atoms with Crippen LogP contribution >= 0.6 is 23.2 Å². The van der Waals surface area contributed by atoms with Gasteiger partial charge in [-0.25, -0.2) is 4.79 Å². The first-order valence-electron chi connectivity index (χ1n) is 10.2. The van der Waals surface area contributed by atoms with Crippen molar-refractivity contribution in [2.24, 2.45) is 0 Å². The average Bonchev–Trinajstić information content (AvgIpc) is 2.76. The average molecular weight is 541 g/mol. The van der Waals surface area contributed by atoms with E-state index < -0.39 is 42.9 Å². The highest BCUT2D eigenvalue weighted by Gasteiger charge is 2.26. The summed E-state index contributed by atoms with van der Waals surface area (Å²) in [5.74, 6) is -4.99. The van der Waals surface area contributed by atoms with Gasteiger partial charge in [-0.1, -0.05) is 29.3 Å². The molecule has 2 aromatic carbocycles. The summed E-state index contributed by atoms with van der Waals surface area (Å²) in [6.45, 7) is 0.931. The van der Waals surface area contributed by atoms with Crippen LogP contribution in [-0.2, 0) is 30.5 Å². The molecule has 1 amide bonds. The third-order valence-electron chi connectivity index (χ3n) is 4.42. The van der Waals surface area contributed by atoms with E-state index in [-0.39, 0.29) is 39.9 Å². The molecule has 0 aliphatic rings. The van der Waals surface area contributed by atoms with Crippen LogP contribution in [-0.4, -0.2) is 60.0 Å². The number of hydrogen-bond donors (Lipinski definition) is 2. The summed E-state index contributed by atoms with van der Waals surface area (Å²) in [5, 5.41) is 12.5. The molecule has 0 saturated carbocycles. The van der Waals surface area contributed by atoms with E-state index in [0.29, 0.717) is 5.02 Å². The number of halogens is 2. The van der Waals surface area contributed by atoms with Gasteiger partial charge in [0.2, 0.25) is 5.91 Å². The molecular weight excluding hydrogens is 519 g/mol. The predicted octanol–water partition coefficient (Wildman–Crippen LogP) is 3.16. The van der Waals surface area contributed by atoms with Crippen LogP contribution in [0.1, 0.15) is 29.8 Å². The minimum atomic E-state index is -1.24. The van der Waals surface area contributed by atoms with Crippen LogP contribution in [0.5, 0.6) is 11.5 Å². The number of hydrogen-bond acceptors (Lipinski definition) is 9. The van der Waals surface area contributed by atoms with Gasteiger partial charge >= 0.3 is 23.9 Å². The number of nitrogens with zero attached hydrogens (tertiary/aromatic N) is 1. The van der Waals surface area contributed by atoms with Gasteiger partial charge in [-0.05, 0) is 24.3 Å². The first-order chi connectivity index (χ1) is 16.9. The first kappa shape index (κ1) is 28.6. The summed E-state index contributed by atoms with van der Waals surface area (Å²) in [7, 11) is 1.11. The summed E-state index contributed by atoms with van der Waals surface area (Å²) in [5.41, 5.74) is 0.224. The molecule has 0 radical (unpaired) electrons. The van der Waals surface area contributed by atoms with Gasteiger partial charge in [0.15, 0.2) is 11.5 Å². The van der Waals surface area contributed by atoms with Crippen LogP contribution in [0.4, 0.5) is 5.69 Å². The third-order valence-corrected chi connectivity index (χ3v) is 4.96. The zero-order chi connectivity index (χ0) is 27.0. The second-order valence-electron chi connectivity index (χ2n) is 7.32. The number of carboxylic acids is 1. The number of rotatable bonds is 10. The van der Waals surface area contributed by atoms with Crippen LogP contribution < -0.4 is 14.8 Å². The maximum Gasteiger partial charge on any atom is 0.341 e. The van der Waals surface area contributed by atoms with Gasteiger partial charge in [-0.2, -0.15) is 0 Å². The molecule has 0 spiro atoms. The Morgan fingerprint density at radius 3 is 2.14 bits per heavy atom. The lowest BCUT2D eigenvalue weighted by Crippen LogP contribution is -2.36. The molecule has 0 fully saturated rings. The van der Waals surface area contributed by atoms with E-state index in [1.807, 2.05) is 0 Å². The Kier molecular flexibility index (Phi) is 10.2. The van der Waals surface area contributed by atoms with Gasteiger partial charge in [0.25, 0.3) is 0 Å². The highest BCUT2D eigenvalue weighted by Crippen LogP contribution is 2.37. The van der Waals surface area contributed by atoms with Crippen molar-refractivity contribution < 1.29 is 43.3 Å². The topological polar surface area (TPSA) is 149 Å². The number of carbonyl (C=O) groups is 5. The molecule has 2 N–H and O–H groups in total. The van der Waals surface area contributed by atoms with Crippen molar-refractivity contribution in [1.82, 2.24) is 4.90 Å². The number of carbonyl (C=O) groups excluding carboxylic acids is 4. The number of esters is 3. The fourth-order valence-corrected chi connectivity index (χ4v) is 3.54. The number of nitrogens with one attached hydrogen (secondary N) is 1. The Morgan fingerprint density at radius 2 is 1.58 bits per heavy atom. The molecule has 0 unspecified atom stereocenters. The summed E-state index contributed by atoms with van der Waals surface area (Å²) in [4.78, 5) is 61.0. The second kappa shape index (κ2) is 12.9. The van der Waals surface area contributed by atoms with E-state index >= 15 is 0 Å². The van der Waals surface area contributed by atoms with E-state index in [4.69, 9.17) is 32.7 Å². The molecular formula is C23H22Cl2N2O9. The van der Waals surface area contributed by atoms with Crippen molar-refractivity contribution in [3.05, 3.63) is 51.5 Å². The third kappa shape index (κ3) is 8.22. The Bertz CT molecular complexity index is 1200. The van der Waals surface area contributed by atoms with Gasteiger partial charge < -0.3 is 24.6 Å². The van der Waals surface area contributed by atoms with E-state index in [1.165, 1.54) is 35.2 Å². The van der Waals surface area contributed by atoms with Crippen molar-refractivity contribution in [2.75, 3.05) is 25.5 Å². The summed E-state index contributed by atoms with van der Waals surface area (Å²) < 4.78 is 15.0. The smallest absolute Gasteiger partial charge is 0.341 e. The van der Waals surface area contributed by atoms with Crippen LogP contribution in [0, 0.1) is 0 Å². The minimum Gasteiger partial charge on any atom is -0.480 e. The van der Waals surface area contributed by atoms with E-state index in [9.17, 15) is 29.1 Å². The first-order valence-corrected chi connectivity index (χ1v) is 11.0. The normalized spacial score (nSPS) is 10.5. The van der Waals surface area contributed by atoms with Gasteiger partial charge in [-0.15, -0.1) is 0 Å². The lowest BCUT2D eigenvalue weighted by molar-refractivity contribution is -0.139. The zero-order valence-electron chi connectivity index (χ0n) is 19.4. The van der Waals surface area contributed by atoms with E-state index in [2.05, 4.69) is 10.1 Å². The van der Waals surface area contributed by atoms with Crippen LogP contribution in [0.2, 0.25) is 10.0 Å². The number of aliphatic carboxylic acids is 1. The summed E-state index contributed by atoms with van der Waals surface area (Å²) >= 11 is 11.9. The fourth-order valence-electron chi connectivity index (χ4n) is 3.08. The Labute approximate surface area is 215 Å². The quantitative estimate of drug-likeness (QED) is 0.339. The summed E-state index contributed by atoms with van der Waals surface area (Å²) in [6.07, 6.45) is 0. The molecule has 11 nitrogen and oxygen atoms in total. The molecule has 0 aromatic heterocycles. The van der Waals surface area contributed by atoms with Crippen LogP contribution in [0.25, 0.3) is 0 Å². The monoisotopic (exact) mass is 540 g/mol. The van der Waals surface area contributed by atoms with Gasteiger partial charge in [0, 0.05) is 31.0 Å². The molecule has 0 heterocycles. The van der Waals surface area contributed by atoms with Crippen molar-refractivity contribution in [1.29, 1.82) is 0 Å². The lowest BCUT2D eigenvalue weighted by atomic mass is 10.1. The number of carboxylic acid groups (broad SMARTS) is 1. The van der Waals surface area contributed by atoms with Crippen molar-refractivity contribution >= 4 is 58.7 Å². The number of benzene rings is 2. The number of anilines is 1. The molecule has 0 atom stereocenters. The molecule has 0 aliphatic carbocycles. The van der Waals surface area contributed by atoms with Gasteiger partial charge in [0.05, 0.1) is 30.9 Å². The lowest BCUT2D eigenvalue weighted by Gasteiger charge is -2.23. The van der Waals surface area contributed by atoms with Crippen LogP contribution in [0.15, 0.2) is 30.3 Å². The van der Waals surface area contributed by atoms with Crippen molar-refractivity contribution in [2.45, 2.75) is 20.4 Å². The van der Waals surface area contributed by atoms with Crippen molar-refractivity contribution in [3.8, 4) is 11.5 Å². The summed E-state index contributed by atoms with van der Waals surface area (Å²) in [6, 6.07) is 7.06. The number of methoxy groups -OCH3 is 1. The molecule has 0 saturated heterocycles. The minimum absolute atomic E-state index is 0.160. The number of amides is 1.